The molecule has 0 aliphatic rings. The second kappa shape index (κ2) is 10.5. The fraction of sp³-hybridized carbons (Fsp3) is 0.714. The SMILES string of the molecule is CO[Si](C)(CCc1ccccc1)CC(C)(CCN(C)C)CCN(C)C. The van der Waals surface area contributed by atoms with Crippen LogP contribution in [0, 0.1) is 5.41 Å². The van der Waals surface area contributed by atoms with Crippen molar-refractivity contribution in [3.63, 3.8) is 0 Å². The highest BCUT2D eigenvalue weighted by atomic mass is 28.4. The predicted octanol–water partition coefficient (Wildman–Crippen LogP) is 4.36. The molecule has 3 nitrogen and oxygen atoms in total. The van der Waals surface area contributed by atoms with Crippen molar-refractivity contribution in [2.45, 2.75) is 44.8 Å². The topological polar surface area (TPSA) is 15.7 Å². The van der Waals surface area contributed by atoms with E-state index in [1.54, 1.807) is 0 Å². The molecule has 0 N–H and O–H groups in total. The standard InChI is InChI=1S/C21H40N2OSi/c1-21(14-16-22(2)3,15-17-23(4)5)19-25(7,24-6)18-13-20-11-9-8-10-12-20/h8-12H,13-19H2,1-7H3. The molecular weight excluding hydrogens is 324 g/mol. The van der Waals surface area contributed by atoms with E-state index in [0.29, 0.717) is 5.41 Å². The van der Waals surface area contributed by atoms with Crippen molar-refractivity contribution >= 4 is 8.32 Å². The summed E-state index contributed by atoms with van der Waals surface area (Å²) in [5, 5.41) is 0. The van der Waals surface area contributed by atoms with E-state index in [4.69, 9.17) is 4.43 Å². The van der Waals surface area contributed by atoms with Gasteiger partial charge >= 0.3 is 0 Å². The van der Waals surface area contributed by atoms with E-state index in [1.807, 2.05) is 7.11 Å². The summed E-state index contributed by atoms with van der Waals surface area (Å²) < 4.78 is 6.18. The minimum Gasteiger partial charge on any atom is -0.420 e. The summed E-state index contributed by atoms with van der Waals surface area (Å²) in [6.07, 6.45) is 3.62. The zero-order valence-corrected chi connectivity index (χ0v) is 18.6. The van der Waals surface area contributed by atoms with Crippen LogP contribution in [-0.4, -0.2) is 66.5 Å². The average Bonchev–Trinajstić information content (AvgIpc) is 2.58. The average molecular weight is 365 g/mol. The monoisotopic (exact) mass is 364 g/mol. The molecule has 0 saturated carbocycles. The first kappa shape index (κ1) is 22.4. The number of aryl methyl sites for hydroxylation is 1. The van der Waals surface area contributed by atoms with Crippen molar-refractivity contribution in [3.05, 3.63) is 35.9 Å². The van der Waals surface area contributed by atoms with E-state index in [9.17, 15) is 0 Å². The van der Waals surface area contributed by atoms with Gasteiger partial charge in [-0.05, 0) is 90.2 Å². The maximum atomic E-state index is 6.18. The molecule has 0 aromatic heterocycles. The summed E-state index contributed by atoms with van der Waals surface area (Å²) in [5.74, 6) is 0. The molecule has 0 spiro atoms. The van der Waals surface area contributed by atoms with Crippen LogP contribution in [0.2, 0.25) is 18.6 Å². The summed E-state index contributed by atoms with van der Waals surface area (Å²) in [7, 11) is 8.92. The minimum absolute atomic E-state index is 0.349. The van der Waals surface area contributed by atoms with Crippen LogP contribution >= 0.6 is 0 Å². The van der Waals surface area contributed by atoms with Gasteiger partial charge in [0.25, 0.3) is 0 Å². The number of benzene rings is 1. The molecule has 1 aromatic rings. The number of hydrogen-bond donors (Lipinski definition) is 0. The maximum absolute atomic E-state index is 6.18. The largest absolute Gasteiger partial charge is 0.420 e. The molecule has 4 heteroatoms. The quantitative estimate of drug-likeness (QED) is 0.513. The van der Waals surface area contributed by atoms with E-state index in [0.717, 1.165) is 19.5 Å². The van der Waals surface area contributed by atoms with Gasteiger partial charge in [-0.15, -0.1) is 0 Å². The number of hydrogen-bond acceptors (Lipinski definition) is 3. The molecule has 1 unspecified atom stereocenters. The second-order valence-corrected chi connectivity index (χ2v) is 12.9. The first-order chi connectivity index (χ1) is 11.7. The lowest BCUT2D eigenvalue weighted by Gasteiger charge is -2.39. The molecule has 25 heavy (non-hydrogen) atoms. The van der Waals surface area contributed by atoms with Crippen molar-refractivity contribution in [1.82, 2.24) is 9.80 Å². The number of rotatable bonds is 12. The zero-order chi connectivity index (χ0) is 18.9. The Morgan fingerprint density at radius 3 is 1.92 bits per heavy atom. The molecule has 0 bridgehead atoms. The molecule has 0 fully saturated rings. The van der Waals surface area contributed by atoms with Crippen LogP contribution in [0.3, 0.4) is 0 Å². The highest BCUT2D eigenvalue weighted by molar-refractivity contribution is 6.72. The van der Waals surface area contributed by atoms with E-state index in [-0.39, 0.29) is 0 Å². The van der Waals surface area contributed by atoms with Gasteiger partial charge in [-0.2, -0.15) is 0 Å². The molecule has 0 aliphatic heterocycles. The Morgan fingerprint density at radius 1 is 0.960 bits per heavy atom. The first-order valence-corrected chi connectivity index (χ1v) is 12.4. The van der Waals surface area contributed by atoms with Gasteiger partial charge in [0.15, 0.2) is 8.32 Å². The fourth-order valence-electron chi connectivity index (χ4n) is 3.51. The lowest BCUT2D eigenvalue weighted by molar-refractivity contribution is 0.217. The Kier molecular flexibility index (Phi) is 9.36. The van der Waals surface area contributed by atoms with Crippen LogP contribution in [0.25, 0.3) is 0 Å². The fourth-order valence-corrected chi connectivity index (χ4v) is 7.01. The van der Waals surface area contributed by atoms with Crippen LogP contribution in [0.4, 0.5) is 0 Å². The smallest absolute Gasteiger partial charge is 0.190 e. The number of nitrogens with zero attached hydrogens (tertiary/aromatic N) is 2. The van der Waals surface area contributed by atoms with Crippen LogP contribution < -0.4 is 0 Å². The lowest BCUT2D eigenvalue weighted by Crippen LogP contribution is -2.41. The highest BCUT2D eigenvalue weighted by Gasteiger charge is 2.37. The molecule has 0 radical (unpaired) electrons. The zero-order valence-electron chi connectivity index (χ0n) is 17.6. The Morgan fingerprint density at radius 2 is 1.48 bits per heavy atom. The van der Waals surface area contributed by atoms with Crippen molar-refractivity contribution in [1.29, 1.82) is 0 Å². The normalized spacial score (nSPS) is 14.9. The molecule has 0 aliphatic carbocycles. The van der Waals surface area contributed by atoms with Gasteiger partial charge in [0.1, 0.15) is 0 Å². The van der Waals surface area contributed by atoms with Crippen LogP contribution in [-0.2, 0) is 10.8 Å². The molecule has 0 saturated heterocycles. The van der Waals surface area contributed by atoms with Gasteiger partial charge in [-0.3, -0.25) is 0 Å². The molecule has 144 valence electrons. The van der Waals surface area contributed by atoms with Gasteiger partial charge in [0, 0.05) is 7.11 Å². The molecule has 1 rings (SSSR count). The summed E-state index contributed by atoms with van der Waals surface area (Å²) in [5.41, 5.74) is 1.78. The van der Waals surface area contributed by atoms with Crippen molar-refractivity contribution in [2.75, 3.05) is 48.4 Å². The highest BCUT2D eigenvalue weighted by Crippen LogP contribution is 2.38. The van der Waals surface area contributed by atoms with E-state index >= 15 is 0 Å². The third-order valence-corrected chi connectivity index (χ3v) is 9.30. The van der Waals surface area contributed by atoms with Crippen molar-refractivity contribution in [2.24, 2.45) is 5.41 Å². The van der Waals surface area contributed by atoms with E-state index in [1.165, 1.54) is 30.5 Å². The Hall–Kier alpha value is -0.683. The Bertz CT molecular complexity index is 466. The Labute approximate surface area is 157 Å². The van der Waals surface area contributed by atoms with Crippen LogP contribution in [0.1, 0.15) is 25.3 Å². The van der Waals surface area contributed by atoms with E-state index in [2.05, 4.69) is 81.8 Å². The van der Waals surface area contributed by atoms with Crippen molar-refractivity contribution in [3.8, 4) is 0 Å². The third kappa shape index (κ3) is 9.00. The summed E-state index contributed by atoms with van der Waals surface area (Å²) >= 11 is 0. The lowest BCUT2D eigenvalue weighted by atomic mass is 9.85. The van der Waals surface area contributed by atoms with Crippen LogP contribution in [0.15, 0.2) is 30.3 Å². The summed E-state index contributed by atoms with van der Waals surface area (Å²) in [6.45, 7) is 7.21. The van der Waals surface area contributed by atoms with Crippen molar-refractivity contribution < 1.29 is 4.43 Å². The summed E-state index contributed by atoms with van der Waals surface area (Å²) in [4.78, 5) is 4.62. The third-order valence-electron chi connectivity index (χ3n) is 5.40. The van der Waals surface area contributed by atoms with Gasteiger partial charge < -0.3 is 14.2 Å². The Balaban J connectivity index is 2.77. The molecule has 1 atom stereocenters. The van der Waals surface area contributed by atoms with Gasteiger partial charge in [0.2, 0.25) is 0 Å². The van der Waals surface area contributed by atoms with Gasteiger partial charge in [-0.25, -0.2) is 0 Å². The maximum Gasteiger partial charge on any atom is 0.190 e. The van der Waals surface area contributed by atoms with Gasteiger partial charge in [0.05, 0.1) is 0 Å². The van der Waals surface area contributed by atoms with E-state index < -0.39 is 8.32 Å². The predicted molar refractivity (Wildman–Crippen MR) is 113 cm³/mol. The molecule has 0 amide bonds. The molecule has 0 heterocycles. The first-order valence-electron chi connectivity index (χ1n) is 9.57. The second-order valence-electron chi connectivity index (χ2n) is 8.73. The minimum atomic E-state index is -1.72. The summed E-state index contributed by atoms with van der Waals surface area (Å²) in [6, 6.07) is 13.3. The van der Waals surface area contributed by atoms with Gasteiger partial charge in [-0.1, -0.05) is 37.3 Å². The molecule has 1 aromatic carbocycles. The molecular formula is C21H40N2OSi. The van der Waals surface area contributed by atoms with Crippen LogP contribution in [0.5, 0.6) is 0 Å².